The van der Waals surface area contributed by atoms with Crippen LogP contribution in [0.5, 0.6) is 11.5 Å². The molecule has 4 heteroatoms. The van der Waals surface area contributed by atoms with Gasteiger partial charge < -0.3 is 9.47 Å². The van der Waals surface area contributed by atoms with Crippen molar-refractivity contribution in [2.45, 2.75) is 0 Å². The minimum atomic E-state index is -0.700. The lowest BCUT2D eigenvalue weighted by Gasteiger charge is -2.04. The molecule has 0 saturated carbocycles. The molecular formula is C10H9FO3. The van der Waals surface area contributed by atoms with E-state index in [1.807, 2.05) is 0 Å². The number of hydrogen-bond donors (Lipinski definition) is 0. The van der Waals surface area contributed by atoms with Crippen LogP contribution < -0.4 is 9.47 Å². The molecule has 1 aromatic rings. The third-order valence-corrected chi connectivity index (χ3v) is 1.52. The summed E-state index contributed by atoms with van der Waals surface area (Å²) in [4.78, 5) is 10.7. The summed E-state index contributed by atoms with van der Waals surface area (Å²) in [5, 5.41) is 0. The van der Waals surface area contributed by atoms with E-state index < -0.39 is 11.8 Å². The second kappa shape index (κ2) is 4.41. The Hall–Kier alpha value is -1.84. The summed E-state index contributed by atoms with van der Waals surface area (Å²) >= 11 is 0. The van der Waals surface area contributed by atoms with Gasteiger partial charge in [0.1, 0.15) is 5.75 Å². The topological polar surface area (TPSA) is 35.5 Å². The van der Waals surface area contributed by atoms with Crippen LogP contribution >= 0.6 is 0 Å². The van der Waals surface area contributed by atoms with E-state index in [9.17, 15) is 9.18 Å². The van der Waals surface area contributed by atoms with Gasteiger partial charge in [-0.25, -0.2) is 9.18 Å². The van der Waals surface area contributed by atoms with Crippen LogP contribution in [-0.4, -0.2) is 13.1 Å². The fourth-order valence-electron chi connectivity index (χ4n) is 0.841. The average Bonchev–Trinajstić information content (AvgIpc) is 2.20. The van der Waals surface area contributed by atoms with E-state index in [-0.39, 0.29) is 5.75 Å². The fourth-order valence-corrected chi connectivity index (χ4v) is 0.841. The third-order valence-electron chi connectivity index (χ3n) is 1.52. The molecule has 0 fully saturated rings. The van der Waals surface area contributed by atoms with Crippen molar-refractivity contribution < 1.29 is 18.7 Å². The molecule has 1 rings (SSSR count). The molecule has 0 spiro atoms. The molecule has 1 aromatic carbocycles. The maximum Gasteiger partial charge on any atom is 0.335 e. The van der Waals surface area contributed by atoms with E-state index in [1.54, 1.807) is 0 Å². The van der Waals surface area contributed by atoms with Crippen LogP contribution in [0.25, 0.3) is 0 Å². The summed E-state index contributed by atoms with van der Waals surface area (Å²) < 4.78 is 22.5. The quantitative estimate of drug-likeness (QED) is 0.421. The number of esters is 1. The van der Waals surface area contributed by atoms with Gasteiger partial charge in [0.15, 0.2) is 11.6 Å². The second-order valence-corrected chi connectivity index (χ2v) is 2.42. The molecule has 0 radical (unpaired) electrons. The molecule has 0 aliphatic heterocycles. The van der Waals surface area contributed by atoms with Crippen LogP contribution in [-0.2, 0) is 4.79 Å². The van der Waals surface area contributed by atoms with E-state index in [4.69, 9.17) is 4.74 Å². The first-order valence-corrected chi connectivity index (χ1v) is 3.85. The Labute approximate surface area is 80.8 Å². The number of hydrogen-bond acceptors (Lipinski definition) is 3. The van der Waals surface area contributed by atoms with Crippen molar-refractivity contribution in [1.29, 1.82) is 0 Å². The van der Waals surface area contributed by atoms with Crippen LogP contribution in [0.1, 0.15) is 0 Å². The van der Waals surface area contributed by atoms with E-state index in [2.05, 4.69) is 11.3 Å². The average molecular weight is 196 g/mol. The van der Waals surface area contributed by atoms with Crippen LogP contribution in [0.2, 0.25) is 0 Å². The Balaban J connectivity index is 2.88. The lowest BCUT2D eigenvalue weighted by atomic mass is 10.3. The molecule has 3 nitrogen and oxygen atoms in total. The fraction of sp³-hybridized carbons (Fsp3) is 0.100. The monoisotopic (exact) mass is 196 g/mol. The van der Waals surface area contributed by atoms with Crippen LogP contribution in [0.3, 0.4) is 0 Å². The zero-order valence-corrected chi connectivity index (χ0v) is 7.62. The van der Waals surface area contributed by atoms with Gasteiger partial charge in [-0.3, -0.25) is 0 Å². The number of methoxy groups -OCH3 is 1. The second-order valence-electron chi connectivity index (χ2n) is 2.42. The number of halogens is 1. The molecule has 0 aliphatic rings. The van der Waals surface area contributed by atoms with Gasteiger partial charge in [0.2, 0.25) is 0 Å². The maximum absolute atomic E-state index is 13.1. The minimum Gasteiger partial charge on any atom is -0.497 e. The molecule has 0 aromatic heterocycles. The number of carbonyl (C=O) groups excluding carboxylic acids is 1. The highest BCUT2D eigenvalue weighted by molar-refractivity contribution is 5.83. The molecule has 74 valence electrons. The van der Waals surface area contributed by atoms with Gasteiger partial charge in [0.25, 0.3) is 0 Å². The van der Waals surface area contributed by atoms with Gasteiger partial charge >= 0.3 is 5.97 Å². The Bertz CT molecular complexity index is 360. The Morgan fingerprint density at radius 1 is 1.57 bits per heavy atom. The normalized spacial score (nSPS) is 9.29. The maximum atomic E-state index is 13.1. The van der Waals surface area contributed by atoms with E-state index in [0.717, 1.165) is 12.1 Å². The highest BCUT2D eigenvalue weighted by Gasteiger charge is 2.07. The van der Waals surface area contributed by atoms with Gasteiger partial charge in [-0.1, -0.05) is 6.58 Å². The standard InChI is InChI=1S/C10H9FO3/c1-3-10(12)14-9-5-4-7(13-2)6-8(9)11/h3-6H,1H2,2H3. The molecule has 0 bridgehead atoms. The van der Waals surface area contributed by atoms with Crippen LogP contribution in [0.4, 0.5) is 4.39 Å². The SMILES string of the molecule is C=CC(=O)Oc1ccc(OC)cc1F. The van der Waals surface area contributed by atoms with Crippen molar-refractivity contribution in [3.63, 3.8) is 0 Å². The molecule has 0 N–H and O–H groups in total. The van der Waals surface area contributed by atoms with E-state index in [0.29, 0.717) is 5.75 Å². The first-order chi connectivity index (χ1) is 6.67. The number of carbonyl (C=O) groups is 1. The van der Waals surface area contributed by atoms with Crippen molar-refractivity contribution >= 4 is 5.97 Å². The van der Waals surface area contributed by atoms with Crippen molar-refractivity contribution in [3.8, 4) is 11.5 Å². The van der Waals surface area contributed by atoms with Gasteiger partial charge in [-0.15, -0.1) is 0 Å². The molecule has 0 aliphatic carbocycles. The van der Waals surface area contributed by atoms with E-state index in [1.165, 1.54) is 19.2 Å². The predicted molar refractivity (Wildman–Crippen MR) is 48.8 cm³/mol. The lowest BCUT2D eigenvalue weighted by molar-refractivity contribution is -0.129. The zero-order chi connectivity index (χ0) is 10.6. The highest BCUT2D eigenvalue weighted by Crippen LogP contribution is 2.22. The summed E-state index contributed by atoms with van der Waals surface area (Å²) in [6.45, 7) is 3.20. The highest BCUT2D eigenvalue weighted by atomic mass is 19.1. The Morgan fingerprint density at radius 3 is 2.79 bits per heavy atom. The summed E-state index contributed by atoms with van der Waals surface area (Å²) in [5.41, 5.74) is 0. The first kappa shape index (κ1) is 10.2. The first-order valence-electron chi connectivity index (χ1n) is 3.85. The molecule has 0 amide bonds. The summed E-state index contributed by atoms with van der Waals surface area (Å²) in [6.07, 6.45) is 0.962. The largest absolute Gasteiger partial charge is 0.497 e. The van der Waals surface area contributed by atoms with Gasteiger partial charge in [0.05, 0.1) is 7.11 Å². The third kappa shape index (κ3) is 2.32. The minimum absolute atomic E-state index is 0.143. The van der Waals surface area contributed by atoms with Crippen molar-refractivity contribution in [2.24, 2.45) is 0 Å². The molecule has 14 heavy (non-hydrogen) atoms. The van der Waals surface area contributed by atoms with Gasteiger partial charge in [-0.2, -0.15) is 0 Å². The molecule has 0 heterocycles. The predicted octanol–water partition coefficient (Wildman–Crippen LogP) is 1.93. The summed E-state index contributed by atoms with van der Waals surface area (Å²) in [5.74, 6) is -1.13. The van der Waals surface area contributed by atoms with Crippen LogP contribution in [0, 0.1) is 5.82 Å². The molecule has 0 unspecified atom stereocenters. The lowest BCUT2D eigenvalue weighted by Crippen LogP contribution is -2.04. The molecular weight excluding hydrogens is 187 g/mol. The van der Waals surface area contributed by atoms with Crippen LogP contribution in [0.15, 0.2) is 30.9 Å². The molecule has 0 atom stereocenters. The van der Waals surface area contributed by atoms with Crippen molar-refractivity contribution in [3.05, 3.63) is 36.7 Å². The summed E-state index contributed by atoms with van der Waals surface area (Å²) in [6, 6.07) is 3.94. The Kier molecular flexibility index (Phi) is 3.23. The van der Waals surface area contributed by atoms with Crippen molar-refractivity contribution in [1.82, 2.24) is 0 Å². The van der Waals surface area contributed by atoms with Crippen molar-refractivity contribution in [2.75, 3.05) is 7.11 Å². The van der Waals surface area contributed by atoms with Gasteiger partial charge in [0, 0.05) is 12.1 Å². The smallest absolute Gasteiger partial charge is 0.335 e. The molecule has 0 saturated heterocycles. The Morgan fingerprint density at radius 2 is 2.29 bits per heavy atom. The van der Waals surface area contributed by atoms with Gasteiger partial charge in [-0.05, 0) is 12.1 Å². The number of benzene rings is 1. The zero-order valence-electron chi connectivity index (χ0n) is 7.62. The van der Waals surface area contributed by atoms with E-state index >= 15 is 0 Å². The number of rotatable bonds is 3. The summed E-state index contributed by atoms with van der Waals surface area (Å²) in [7, 11) is 1.42. The number of ether oxygens (including phenoxy) is 2.